The Morgan fingerprint density at radius 3 is 2.30 bits per heavy atom. The lowest BCUT2D eigenvalue weighted by molar-refractivity contribution is 0.234. The fourth-order valence-electron chi connectivity index (χ4n) is 2.45. The Morgan fingerprint density at radius 2 is 1.70 bits per heavy atom. The molecule has 0 spiro atoms. The number of aryl methyl sites for hydroxylation is 3. The summed E-state index contributed by atoms with van der Waals surface area (Å²) in [6, 6.07) is 13.6. The van der Waals surface area contributed by atoms with E-state index in [0.717, 1.165) is 35.4 Å². The van der Waals surface area contributed by atoms with Gasteiger partial charge in [0.15, 0.2) is 6.73 Å². The molecule has 4 nitrogen and oxygen atoms in total. The van der Waals surface area contributed by atoms with Gasteiger partial charge in [0.25, 0.3) is 0 Å². The molecule has 23 heavy (non-hydrogen) atoms. The minimum atomic E-state index is -0.280. The smallest absolute Gasteiger partial charge is 0.321 e. The number of hydrogen-bond acceptors (Lipinski definition) is 2. The molecule has 0 fully saturated rings. The molecule has 2 amide bonds. The van der Waals surface area contributed by atoms with Gasteiger partial charge in [-0.2, -0.15) is 0 Å². The standard InChI is InChI=1S/C19H24N2O2/c1-4-5-16-6-8-18(9-7-16)23-13-20-19(22)21-17-11-14(2)10-15(3)12-17/h6-12H,4-5,13H2,1-3H3,(H2,20,21,22). The van der Waals surface area contributed by atoms with Gasteiger partial charge in [0.05, 0.1) is 0 Å². The molecule has 0 bridgehead atoms. The monoisotopic (exact) mass is 312 g/mol. The maximum absolute atomic E-state index is 11.9. The fraction of sp³-hybridized carbons (Fsp3) is 0.316. The topological polar surface area (TPSA) is 50.4 Å². The van der Waals surface area contributed by atoms with Gasteiger partial charge in [0.2, 0.25) is 0 Å². The van der Waals surface area contributed by atoms with Crippen LogP contribution in [0.15, 0.2) is 42.5 Å². The Morgan fingerprint density at radius 1 is 1.04 bits per heavy atom. The Balaban J connectivity index is 1.78. The minimum Gasteiger partial charge on any atom is -0.473 e. The van der Waals surface area contributed by atoms with Crippen LogP contribution in [0.1, 0.15) is 30.0 Å². The molecule has 2 aromatic rings. The van der Waals surface area contributed by atoms with Gasteiger partial charge in [-0.1, -0.05) is 31.5 Å². The van der Waals surface area contributed by atoms with Gasteiger partial charge in [0, 0.05) is 5.69 Å². The van der Waals surface area contributed by atoms with Crippen LogP contribution >= 0.6 is 0 Å². The van der Waals surface area contributed by atoms with Gasteiger partial charge in [-0.15, -0.1) is 0 Å². The third-order valence-electron chi connectivity index (χ3n) is 3.41. The van der Waals surface area contributed by atoms with Gasteiger partial charge in [-0.25, -0.2) is 4.79 Å². The number of carbonyl (C=O) groups excluding carboxylic acids is 1. The molecule has 0 radical (unpaired) electrons. The van der Waals surface area contributed by atoms with Crippen molar-refractivity contribution >= 4 is 11.7 Å². The largest absolute Gasteiger partial charge is 0.473 e. The van der Waals surface area contributed by atoms with E-state index in [0.29, 0.717) is 0 Å². The second-order valence-electron chi connectivity index (χ2n) is 5.69. The predicted molar refractivity (Wildman–Crippen MR) is 94.0 cm³/mol. The first kappa shape index (κ1) is 16.9. The Kier molecular flexibility index (Phi) is 6.03. The molecule has 122 valence electrons. The van der Waals surface area contributed by atoms with E-state index in [1.54, 1.807) is 0 Å². The quantitative estimate of drug-likeness (QED) is 0.776. The highest BCUT2D eigenvalue weighted by molar-refractivity contribution is 5.89. The molecule has 2 rings (SSSR count). The molecule has 0 aliphatic heterocycles. The third kappa shape index (κ3) is 5.66. The van der Waals surface area contributed by atoms with Gasteiger partial charge < -0.3 is 15.4 Å². The molecule has 0 unspecified atom stereocenters. The predicted octanol–water partition coefficient (Wildman–Crippen LogP) is 4.41. The summed E-state index contributed by atoms with van der Waals surface area (Å²) in [6.07, 6.45) is 2.19. The highest BCUT2D eigenvalue weighted by Crippen LogP contribution is 2.14. The number of ether oxygens (including phenoxy) is 1. The zero-order chi connectivity index (χ0) is 16.7. The number of nitrogens with one attached hydrogen (secondary N) is 2. The fourth-order valence-corrected chi connectivity index (χ4v) is 2.45. The van der Waals surface area contributed by atoms with E-state index in [4.69, 9.17) is 4.74 Å². The lowest BCUT2D eigenvalue weighted by Gasteiger charge is -2.11. The van der Waals surface area contributed by atoms with E-state index in [9.17, 15) is 4.79 Å². The number of anilines is 1. The van der Waals surface area contributed by atoms with Gasteiger partial charge in [-0.05, 0) is 61.2 Å². The first-order valence-electron chi connectivity index (χ1n) is 7.91. The van der Waals surface area contributed by atoms with Crippen molar-refractivity contribution in [3.05, 3.63) is 59.2 Å². The summed E-state index contributed by atoms with van der Waals surface area (Å²) in [5, 5.41) is 5.49. The summed E-state index contributed by atoms with van der Waals surface area (Å²) in [5.41, 5.74) is 4.30. The lowest BCUT2D eigenvalue weighted by atomic mass is 10.1. The number of hydrogen-bond donors (Lipinski definition) is 2. The molecular weight excluding hydrogens is 288 g/mol. The van der Waals surface area contributed by atoms with Crippen molar-refractivity contribution in [3.8, 4) is 5.75 Å². The molecule has 0 aliphatic carbocycles. The minimum absolute atomic E-state index is 0.129. The van der Waals surface area contributed by atoms with E-state index in [1.807, 2.05) is 38.1 Å². The highest BCUT2D eigenvalue weighted by atomic mass is 16.5. The summed E-state index contributed by atoms with van der Waals surface area (Å²) in [6.45, 7) is 6.29. The van der Waals surface area contributed by atoms with Crippen molar-refractivity contribution in [2.45, 2.75) is 33.6 Å². The summed E-state index contributed by atoms with van der Waals surface area (Å²) in [7, 11) is 0. The van der Waals surface area contributed by atoms with Gasteiger partial charge >= 0.3 is 6.03 Å². The average molecular weight is 312 g/mol. The van der Waals surface area contributed by atoms with Crippen molar-refractivity contribution < 1.29 is 9.53 Å². The first-order valence-corrected chi connectivity index (χ1v) is 7.91. The SMILES string of the molecule is CCCc1ccc(OCNC(=O)Nc2cc(C)cc(C)c2)cc1. The van der Waals surface area contributed by atoms with E-state index < -0.39 is 0 Å². The normalized spacial score (nSPS) is 10.2. The lowest BCUT2D eigenvalue weighted by Crippen LogP contribution is -2.32. The van der Waals surface area contributed by atoms with Crippen LogP contribution in [0.5, 0.6) is 5.75 Å². The average Bonchev–Trinajstić information content (AvgIpc) is 2.48. The van der Waals surface area contributed by atoms with E-state index >= 15 is 0 Å². The van der Waals surface area contributed by atoms with Crippen molar-refractivity contribution in [2.24, 2.45) is 0 Å². The third-order valence-corrected chi connectivity index (χ3v) is 3.41. The van der Waals surface area contributed by atoms with Crippen LogP contribution in [0.3, 0.4) is 0 Å². The van der Waals surface area contributed by atoms with Gasteiger partial charge in [0.1, 0.15) is 5.75 Å². The summed E-state index contributed by atoms with van der Waals surface area (Å²) >= 11 is 0. The van der Waals surface area contributed by atoms with E-state index in [2.05, 4.69) is 35.8 Å². The second kappa shape index (κ2) is 8.22. The van der Waals surface area contributed by atoms with Crippen LogP contribution in [0.25, 0.3) is 0 Å². The highest BCUT2D eigenvalue weighted by Gasteiger charge is 2.03. The molecule has 0 heterocycles. The number of urea groups is 1. The van der Waals surface area contributed by atoms with Crippen molar-refractivity contribution in [1.82, 2.24) is 5.32 Å². The number of rotatable bonds is 6. The van der Waals surface area contributed by atoms with Crippen LogP contribution in [-0.2, 0) is 6.42 Å². The Labute approximate surface area is 137 Å². The summed E-state index contributed by atoms with van der Waals surface area (Å²) in [4.78, 5) is 11.9. The zero-order valence-corrected chi connectivity index (χ0v) is 14.0. The van der Waals surface area contributed by atoms with Crippen LogP contribution in [-0.4, -0.2) is 12.8 Å². The molecular formula is C19H24N2O2. The number of amides is 2. The molecule has 4 heteroatoms. The molecule has 0 saturated carbocycles. The molecule has 2 aromatic carbocycles. The van der Waals surface area contributed by atoms with Crippen LogP contribution < -0.4 is 15.4 Å². The summed E-state index contributed by atoms with van der Waals surface area (Å²) in [5.74, 6) is 0.747. The van der Waals surface area contributed by atoms with Crippen LogP contribution in [0, 0.1) is 13.8 Å². The van der Waals surface area contributed by atoms with Crippen LogP contribution in [0.4, 0.5) is 10.5 Å². The van der Waals surface area contributed by atoms with Crippen molar-refractivity contribution in [1.29, 1.82) is 0 Å². The van der Waals surface area contributed by atoms with Gasteiger partial charge in [-0.3, -0.25) is 0 Å². The summed E-state index contributed by atoms with van der Waals surface area (Å²) < 4.78 is 5.52. The molecule has 0 saturated heterocycles. The number of carbonyl (C=O) groups is 1. The second-order valence-corrected chi connectivity index (χ2v) is 5.69. The molecule has 0 aliphatic rings. The first-order chi connectivity index (χ1) is 11.1. The number of benzene rings is 2. The maximum atomic E-state index is 11.9. The van der Waals surface area contributed by atoms with E-state index in [1.165, 1.54) is 5.56 Å². The van der Waals surface area contributed by atoms with Crippen LogP contribution in [0.2, 0.25) is 0 Å². The molecule has 0 atom stereocenters. The van der Waals surface area contributed by atoms with E-state index in [-0.39, 0.29) is 12.8 Å². The molecule has 0 aromatic heterocycles. The molecule has 2 N–H and O–H groups in total. The Bertz CT molecular complexity index is 631. The van der Waals surface area contributed by atoms with Crippen molar-refractivity contribution in [2.75, 3.05) is 12.0 Å². The van der Waals surface area contributed by atoms with Crippen molar-refractivity contribution in [3.63, 3.8) is 0 Å². The maximum Gasteiger partial charge on any atom is 0.321 e. The Hall–Kier alpha value is -2.49. The zero-order valence-electron chi connectivity index (χ0n) is 14.0.